The maximum absolute atomic E-state index is 13.9. The molecule has 1 fully saturated rings. The van der Waals surface area contributed by atoms with Crippen LogP contribution in [0.3, 0.4) is 0 Å². The van der Waals surface area contributed by atoms with Crippen molar-refractivity contribution in [2.75, 3.05) is 7.11 Å². The monoisotopic (exact) mass is 461 g/mol. The summed E-state index contributed by atoms with van der Waals surface area (Å²) in [6.07, 6.45) is 5.38. The Balaban J connectivity index is 1.56. The van der Waals surface area contributed by atoms with E-state index in [0.717, 1.165) is 42.1 Å². The lowest BCUT2D eigenvalue weighted by Crippen LogP contribution is -2.64. The van der Waals surface area contributed by atoms with Crippen LogP contribution in [0.5, 0.6) is 11.5 Å². The molecule has 178 valence electrons. The number of carbonyl (C=O) groups excluding carboxylic acids is 2. The molecule has 0 spiro atoms. The zero-order valence-electron chi connectivity index (χ0n) is 19.7. The van der Waals surface area contributed by atoms with Gasteiger partial charge < -0.3 is 24.6 Å². The molecule has 1 atom stereocenters. The van der Waals surface area contributed by atoms with E-state index in [1.807, 2.05) is 35.8 Å². The van der Waals surface area contributed by atoms with E-state index in [1.54, 1.807) is 36.3 Å². The van der Waals surface area contributed by atoms with Crippen LogP contribution in [0, 0.1) is 0 Å². The van der Waals surface area contributed by atoms with Gasteiger partial charge in [0.25, 0.3) is 5.91 Å². The van der Waals surface area contributed by atoms with E-state index in [4.69, 9.17) is 4.74 Å². The maximum Gasteiger partial charge on any atom is 0.271 e. The van der Waals surface area contributed by atoms with Gasteiger partial charge in [0.2, 0.25) is 5.91 Å². The van der Waals surface area contributed by atoms with Crippen LogP contribution in [0.2, 0.25) is 0 Å². The summed E-state index contributed by atoms with van der Waals surface area (Å²) in [5.41, 5.74) is 1.22. The second kappa shape index (κ2) is 8.70. The highest BCUT2D eigenvalue weighted by molar-refractivity contribution is 6.03. The molecule has 2 aromatic carbocycles. The Morgan fingerprint density at radius 1 is 1.12 bits per heavy atom. The molecule has 2 aliphatic rings. The Kier molecular flexibility index (Phi) is 5.71. The van der Waals surface area contributed by atoms with Crippen molar-refractivity contribution in [3.63, 3.8) is 0 Å². The Morgan fingerprint density at radius 2 is 1.85 bits per heavy atom. The number of phenols is 1. The van der Waals surface area contributed by atoms with Crippen molar-refractivity contribution in [3.05, 3.63) is 59.8 Å². The van der Waals surface area contributed by atoms with Gasteiger partial charge in [-0.2, -0.15) is 0 Å². The number of carbonyl (C=O) groups is 2. The number of nitrogens with zero attached hydrogens (tertiary/aromatic N) is 2. The van der Waals surface area contributed by atoms with Crippen molar-refractivity contribution < 1.29 is 19.4 Å². The molecule has 2 heterocycles. The number of amides is 2. The molecule has 3 aromatic rings. The van der Waals surface area contributed by atoms with Crippen molar-refractivity contribution in [2.24, 2.45) is 0 Å². The van der Waals surface area contributed by atoms with Crippen LogP contribution in [-0.2, 0) is 17.9 Å². The van der Waals surface area contributed by atoms with E-state index in [9.17, 15) is 14.7 Å². The first-order chi connectivity index (χ1) is 16.4. The molecule has 1 unspecified atom stereocenters. The van der Waals surface area contributed by atoms with Gasteiger partial charge in [0.05, 0.1) is 19.2 Å². The first kappa shape index (κ1) is 22.3. The van der Waals surface area contributed by atoms with Crippen LogP contribution >= 0.6 is 0 Å². The molecular formula is C27H31N3O4. The van der Waals surface area contributed by atoms with Gasteiger partial charge in [0.1, 0.15) is 22.7 Å². The Labute approximate surface area is 199 Å². The summed E-state index contributed by atoms with van der Waals surface area (Å²) in [5, 5.41) is 13.9. The Morgan fingerprint density at radius 3 is 2.56 bits per heavy atom. The van der Waals surface area contributed by atoms with E-state index in [1.165, 1.54) is 6.42 Å². The SMILES string of the molecule is COc1ccc2cc3n(c2c1)CC(C)(C(=O)NC1CCCCC1)N(Cc1ccc(O)cc1)C3=O. The molecule has 1 aromatic heterocycles. The van der Waals surface area contributed by atoms with Crippen molar-refractivity contribution >= 4 is 22.7 Å². The van der Waals surface area contributed by atoms with Gasteiger partial charge in [0.15, 0.2) is 0 Å². The maximum atomic E-state index is 13.9. The van der Waals surface area contributed by atoms with Crippen molar-refractivity contribution in [1.29, 1.82) is 0 Å². The lowest BCUT2D eigenvalue weighted by atomic mass is 9.91. The zero-order valence-corrected chi connectivity index (χ0v) is 19.7. The predicted octanol–water partition coefficient (Wildman–Crippen LogP) is 4.22. The average molecular weight is 462 g/mol. The standard InChI is InChI=1S/C27H31N3O4/c1-27(26(33)28-20-6-4-3-5-7-20)17-29-23-15-22(34-2)13-10-19(23)14-24(29)25(32)30(27)16-18-8-11-21(31)12-9-18/h8-15,20,31H,3-7,16-17H2,1-2H3,(H,28,33). The van der Waals surface area contributed by atoms with Gasteiger partial charge in [-0.1, -0.05) is 31.4 Å². The quantitative estimate of drug-likeness (QED) is 0.596. The fourth-order valence-electron chi connectivity index (χ4n) is 5.28. The molecule has 34 heavy (non-hydrogen) atoms. The number of aromatic nitrogens is 1. The van der Waals surface area contributed by atoms with Crippen molar-refractivity contribution in [2.45, 2.75) is 63.7 Å². The number of nitrogens with one attached hydrogen (secondary N) is 1. The molecule has 2 N–H and O–H groups in total. The summed E-state index contributed by atoms with van der Waals surface area (Å²) in [5.74, 6) is 0.569. The third kappa shape index (κ3) is 3.89. The predicted molar refractivity (Wildman–Crippen MR) is 130 cm³/mol. The van der Waals surface area contributed by atoms with Crippen molar-refractivity contribution in [1.82, 2.24) is 14.8 Å². The third-order valence-corrected chi connectivity index (χ3v) is 7.34. The van der Waals surface area contributed by atoms with E-state index in [-0.39, 0.29) is 30.2 Å². The van der Waals surface area contributed by atoms with Crippen molar-refractivity contribution in [3.8, 4) is 11.5 Å². The van der Waals surface area contributed by atoms with Gasteiger partial charge >= 0.3 is 0 Å². The number of rotatable bonds is 5. The summed E-state index contributed by atoms with van der Waals surface area (Å²) in [6, 6.07) is 14.6. The van der Waals surface area contributed by atoms with E-state index in [0.29, 0.717) is 18.0 Å². The number of phenolic OH excluding ortho intramolecular Hbond substituents is 1. The summed E-state index contributed by atoms with van der Waals surface area (Å²) in [4.78, 5) is 29.3. The molecule has 7 nitrogen and oxygen atoms in total. The summed E-state index contributed by atoms with van der Waals surface area (Å²) >= 11 is 0. The van der Waals surface area contributed by atoms with Crippen LogP contribution in [-0.4, -0.2) is 45.1 Å². The second-order valence-electron chi connectivity index (χ2n) is 9.68. The number of fused-ring (bicyclic) bond motifs is 3. The smallest absolute Gasteiger partial charge is 0.271 e. The number of hydrogen-bond acceptors (Lipinski definition) is 4. The molecular weight excluding hydrogens is 430 g/mol. The van der Waals surface area contributed by atoms with Gasteiger partial charge in [0, 0.05) is 24.0 Å². The lowest BCUT2D eigenvalue weighted by molar-refractivity contribution is -0.134. The first-order valence-corrected chi connectivity index (χ1v) is 12.0. The minimum atomic E-state index is -1.07. The number of ether oxygens (including phenoxy) is 1. The van der Waals surface area contributed by atoms with Gasteiger partial charge in [-0.15, -0.1) is 0 Å². The summed E-state index contributed by atoms with van der Waals surface area (Å²) < 4.78 is 7.36. The number of aromatic hydroxyl groups is 1. The molecule has 7 heteroatoms. The normalized spacial score (nSPS) is 20.9. The summed E-state index contributed by atoms with van der Waals surface area (Å²) in [7, 11) is 1.62. The van der Waals surface area contributed by atoms with Crippen LogP contribution < -0.4 is 10.1 Å². The van der Waals surface area contributed by atoms with Gasteiger partial charge in [-0.05, 0) is 55.7 Å². The average Bonchev–Trinajstić information content (AvgIpc) is 3.21. The fourth-order valence-corrected chi connectivity index (χ4v) is 5.28. The number of hydrogen-bond donors (Lipinski definition) is 2. The first-order valence-electron chi connectivity index (χ1n) is 12.0. The van der Waals surface area contributed by atoms with E-state index < -0.39 is 5.54 Å². The Hall–Kier alpha value is -3.48. The van der Waals surface area contributed by atoms with E-state index in [2.05, 4.69) is 5.32 Å². The minimum absolute atomic E-state index is 0.123. The molecule has 2 amide bonds. The highest BCUT2D eigenvalue weighted by Gasteiger charge is 2.48. The minimum Gasteiger partial charge on any atom is -0.508 e. The molecule has 1 aliphatic carbocycles. The molecule has 0 bridgehead atoms. The van der Waals surface area contributed by atoms with Gasteiger partial charge in [-0.25, -0.2) is 0 Å². The van der Waals surface area contributed by atoms with Crippen LogP contribution in [0.25, 0.3) is 10.9 Å². The van der Waals surface area contributed by atoms with Crippen LogP contribution in [0.15, 0.2) is 48.5 Å². The number of benzene rings is 2. The largest absolute Gasteiger partial charge is 0.508 e. The lowest BCUT2D eigenvalue weighted by Gasteiger charge is -2.45. The molecule has 1 aliphatic heterocycles. The molecule has 1 saturated carbocycles. The molecule has 0 radical (unpaired) electrons. The van der Waals surface area contributed by atoms with Gasteiger partial charge in [-0.3, -0.25) is 9.59 Å². The van der Waals surface area contributed by atoms with E-state index >= 15 is 0 Å². The zero-order chi connectivity index (χ0) is 23.9. The summed E-state index contributed by atoms with van der Waals surface area (Å²) in [6.45, 7) is 2.48. The Bertz CT molecular complexity index is 1230. The number of methoxy groups -OCH3 is 1. The highest BCUT2D eigenvalue weighted by atomic mass is 16.5. The second-order valence-corrected chi connectivity index (χ2v) is 9.68. The highest BCUT2D eigenvalue weighted by Crippen LogP contribution is 2.35. The molecule has 5 rings (SSSR count). The fraction of sp³-hybridized carbons (Fsp3) is 0.407. The van der Waals surface area contributed by atoms with Crippen LogP contribution in [0.1, 0.15) is 55.1 Å². The third-order valence-electron chi connectivity index (χ3n) is 7.34. The van der Waals surface area contributed by atoms with Crippen LogP contribution in [0.4, 0.5) is 0 Å². The topological polar surface area (TPSA) is 83.8 Å². The molecule has 0 saturated heterocycles.